The summed E-state index contributed by atoms with van der Waals surface area (Å²) < 4.78 is 22.3. The lowest BCUT2D eigenvalue weighted by molar-refractivity contribution is -0.220. The third kappa shape index (κ3) is 3.22. The Bertz CT molecular complexity index is 957. The third-order valence-corrected chi connectivity index (χ3v) is 9.75. The Morgan fingerprint density at radius 3 is 2.65 bits per heavy atom. The van der Waals surface area contributed by atoms with Crippen LogP contribution in [-0.4, -0.2) is 51.7 Å². The lowest BCUT2D eigenvalue weighted by Gasteiger charge is -2.62. The van der Waals surface area contributed by atoms with Gasteiger partial charge in [0, 0.05) is 23.2 Å². The molecular formula is C27H37FO6. The van der Waals surface area contributed by atoms with E-state index in [4.69, 9.17) is 4.74 Å². The van der Waals surface area contributed by atoms with Gasteiger partial charge in [0.2, 0.25) is 5.78 Å². The highest BCUT2D eigenvalue weighted by Gasteiger charge is 2.75. The number of esters is 1. The maximum Gasteiger partial charge on any atom is 0.306 e. The quantitative estimate of drug-likeness (QED) is 0.568. The molecule has 0 heterocycles. The Morgan fingerprint density at radius 1 is 1.26 bits per heavy atom. The van der Waals surface area contributed by atoms with Crippen LogP contribution < -0.4 is 0 Å². The van der Waals surface area contributed by atoms with Crippen molar-refractivity contribution in [1.29, 1.82) is 0 Å². The van der Waals surface area contributed by atoms with Crippen LogP contribution in [0, 0.1) is 28.6 Å². The molecule has 0 amide bonds. The molecule has 7 heteroatoms. The molecule has 0 aromatic carbocycles. The zero-order chi connectivity index (χ0) is 25.1. The summed E-state index contributed by atoms with van der Waals surface area (Å²) in [5.74, 6) is -2.64. The Labute approximate surface area is 200 Å². The highest BCUT2D eigenvalue weighted by Crippen LogP contribution is 2.70. The first-order valence-electron chi connectivity index (χ1n) is 12.6. The number of halogens is 1. The second kappa shape index (κ2) is 8.37. The fraction of sp³-hybridized carbons (Fsp3) is 0.741. The molecule has 0 radical (unpaired) electrons. The van der Waals surface area contributed by atoms with Crippen LogP contribution >= 0.6 is 0 Å². The summed E-state index contributed by atoms with van der Waals surface area (Å²) in [7, 11) is 0. The first-order chi connectivity index (χ1) is 15.9. The summed E-state index contributed by atoms with van der Waals surface area (Å²) in [6, 6.07) is 0. The molecule has 4 aliphatic carbocycles. The Hall–Kier alpha value is -1.86. The first-order valence-corrected chi connectivity index (χ1v) is 12.6. The number of unbranched alkanes of at least 4 members (excludes halogenated alkanes) is 1. The number of carbonyl (C=O) groups is 3. The number of carbonyl (C=O) groups excluding carboxylic acids is 3. The van der Waals surface area contributed by atoms with Crippen LogP contribution in [0.3, 0.4) is 0 Å². The molecule has 0 aliphatic heterocycles. The molecule has 3 fully saturated rings. The lowest BCUT2D eigenvalue weighted by Crippen LogP contribution is -2.69. The van der Waals surface area contributed by atoms with Gasteiger partial charge >= 0.3 is 5.97 Å². The molecule has 0 unspecified atom stereocenters. The Morgan fingerprint density at radius 2 is 1.97 bits per heavy atom. The molecule has 0 aromatic rings. The summed E-state index contributed by atoms with van der Waals surface area (Å²) in [5, 5.41) is 23.2. The zero-order valence-corrected chi connectivity index (χ0v) is 20.6. The maximum atomic E-state index is 17.1. The van der Waals surface area contributed by atoms with E-state index in [2.05, 4.69) is 0 Å². The van der Waals surface area contributed by atoms with Crippen molar-refractivity contribution in [3.63, 3.8) is 0 Å². The molecule has 4 aliphatic rings. The number of fused-ring (bicyclic) bond motifs is 5. The molecule has 0 saturated heterocycles. The van der Waals surface area contributed by atoms with Crippen molar-refractivity contribution in [2.24, 2.45) is 28.6 Å². The van der Waals surface area contributed by atoms with Gasteiger partial charge < -0.3 is 14.9 Å². The molecule has 2 N–H and O–H groups in total. The van der Waals surface area contributed by atoms with Crippen molar-refractivity contribution in [3.8, 4) is 0 Å². The molecule has 0 aromatic heterocycles. The van der Waals surface area contributed by atoms with Gasteiger partial charge in [0.1, 0.15) is 5.60 Å². The molecule has 188 valence electrons. The summed E-state index contributed by atoms with van der Waals surface area (Å²) in [5.41, 5.74) is -5.34. The minimum atomic E-state index is -2.01. The summed E-state index contributed by atoms with van der Waals surface area (Å²) in [6.07, 6.45) is 6.03. The van der Waals surface area contributed by atoms with Gasteiger partial charge in [0.15, 0.2) is 18.1 Å². The standard InChI is InChI=1S/C27H37FO6/c1-5-6-7-23(32)34-15-22(31)27(33)16(2)12-20-19-9-8-17-13-18(29)10-11-24(17,3)26(19,28)21(30)14-25(20,27)4/h10-11,13,16,19-21,30,33H,5-9,12,14-15H2,1-4H3/t16-,19-,20-,21-,24-,25-,26-,27-/m0/s1. The SMILES string of the molecule is CCCCC(=O)OCC(=O)[C@@]1(O)[C@@H](C)C[C@H]2[C@@H]3CCC4=CC(=O)C=C[C@]4(C)[C@@]3(F)[C@@H](O)C[C@@]21C. The lowest BCUT2D eigenvalue weighted by atomic mass is 9.44. The van der Waals surface area contributed by atoms with Gasteiger partial charge in [-0.25, -0.2) is 4.39 Å². The van der Waals surface area contributed by atoms with Crippen LogP contribution in [0.5, 0.6) is 0 Å². The summed E-state index contributed by atoms with van der Waals surface area (Å²) in [4.78, 5) is 37.2. The van der Waals surface area contributed by atoms with Crippen molar-refractivity contribution in [2.75, 3.05) is 6.61 Å². The van der Waals surface area contributed by atoms with E-state index in [9.17, 15) is 24.6 Å². The van der Waals surface area contributed by atoms with Crippen molar-refractivity contribution in [1.82, 2.24) is 0 Å². The molecule has 6 nitrogen and oxygen atoms in total. The molecular weight excluding hydrogens is 439 g/mol. The smallest absolute Gasteiger partial charge is 0.306 e. The van der Waals surface area contributed by atoms with Crippen LogP contribution in [-0.2, 0) is 19.1 Å². The minimum absolute atomic E-state index is 0.0916. The Balaban J connectivity index is 1.65. The van der Waals surface area contributed by atoms with Gasteiger partial charge in [-0.3, -0.25) is 14.4 Å². The maximum absolute atomic E-state index is 17.1. The second-order valence-electron chi connectivity index (χ2n) is 11.4. The zero-order valence-electron chi connectivity index (χ0n) is 20.6. The fourth-order valence-corrected chi connectivity index (χ4v) is 7.79. The van der Waals surface area contributed by atoms with E-state index in [1.54, 1.807) is 26.8 Å². The number of hydrogen-bond donors (Lipinski definition) is 2. The van der Waals surface area contributed by atoms with Gasteiger partial charge in [-0.05, 0) is 63.0 Å². The van der Waals surface area contributed by atoms with Gasteiger partial charge in [0.25, 0.3) is 0 Å². The molecule has 4 rings (SSSR count). The number of aliphatic hydroxyl groups excluding tert-OH is 1. The van der Waals surface area contributed by atoms with Gasteiger partial charge in [-0.2, -0.15) is 0 Å². The third-order valence-electron chi connectivity index (χ3n) is 9.75. The van der Waals surface area contributed by atoms with Gasteiger partial charge in [-0.1, -0.05) is 38.8 Å². The van der Waals surface area contributed by atoms with E-state index in [1.807, 2.05) is 6.92 Å². The van der Waals surface area contributed by atoms with E-state index in [0.717, 1.165) is 6.42 Å². The molecule has 8 atom stereocenters. The number of Topliss-reactive ketones (excluding diaryl/α,β-unsaturated/α-hetero) is 1. The van der Waals surface area contributed by atoms with E-state index < -0.39 is 58.4 Å². The van der Waals surface area contributed by atoms with Crippen LogP contribution in [0.15, 0.2) is 23.8 Å². The predicted molar refractivity (Wildman–Crippen MR) is 123 cm³/mol. The number of hydrogen-bond acceptors (Lipinski definition) is 6. The fourth-order valence-electron chi connectivity index (χ4n) is 7.79. The van der Waals surface area contributed by atoms with Crippen molar-refractivity contribution < 1.29 is 33.7 Å². The van der Waals surface area contributed by atoms with E-state index in [1.165, 1.54) is 12.2 Å². The van der Waals surface area contributed by atoms with Crippen LogP contribution in [0.1, 0.15) is 72.6 Å². The Kier molecular flexibility index (Phi) is 6.21. The van der Waals surface area contributed by atoms with E-state index in [0.29, 0.717) is 31.3 Å². The summed E-state index contributed by atoms with van der Waals surface area (Å²) >= 11 is 0. The average molecular weight is 477 g/mol. The van der Waals surface area contributed by atoms with E-state index >= 15 is 4.39 Å². The van der Waals surface area contributed by atoms with Crippen molar-refractivity contribution in [2.45, 2.75) is 90.0 Å². The topological polar surface area (TPSA) is 101 Å². The van der Waals surface area contributed by atoms with Crippen molar-refractivity contribution in [3.05, 3.63) is 23.8 Å². The second-order valence-corrected chi connectivity index (χ2v) is 11.4. The normalized spacial score (nSPS) is 45.1. The van der Waals surface area contributed by atoms with Crippen molar-refractivity contribution >= 4 is 17.5 Å². The first kappa shape index (κ1) is 25.2. The highest BCUT2D eigenvalue weighted by atomic mass is 19.1. The number of alkyl halides is 1. The number of ether oxygens (including phenoxy) is 1. The van der Waals surface area contributed by atoms with Crippen LogP contribution in [0.2, 0.25) is 0 Å². The molecule has 34 heavy (non-hydrogen) atoms. The minimum Gasteiger partial charge on any atom is -0.458 e. The highest BCUT2D eigenvalue weighted by molar-refractivity contribution is 6.01. The number of allylic oxidation sites excluding steroid dienone is 4. The predicted octanol–water partition coefficient (Wildman–Crippen LogP) is 3.64. The number of ketones is 2. The molecule has 0 bridgehead atoms. The van der Waals surface area contributed by atoms with Gasteiger partial charge in [-0.15, -0.1) is 0 Å². The molecule has 0 spiro atoms. The van der Waals surface area contributed by atoms with E-state index in [-0.39, 0.29) is 24.5 Å². The molecule has 3 saturated carbocycles. The largest absolute Gasteiger partial charge is 0.458 e. The summed E-state index contributed by atoms with van der Waals surface area (Å²) in [6.45, 7) is 6.72. The number of aliphatic hydroxyl groups is 2. The monoisotopic (exact) mass is 476 g/mol. The van der Waals surface area contributed by atoms with Crippen LogP contribution in [0.25, 0.3) is 0 Å². The number of rotatable bonds is 6. The van der Waals surface area contributed by atoms with Gasteiger partial charge in [0.05, 0.1) is 6.10 Å². The van der Waals surface area contributed by atoms with Crippen LogP contribution in [0.4, 0.5) is 4.39 Å². The average Bonchev–Trinajstić information content (AvgIpc) is 2.99.